The summed E-state index contributed by atoms with van der Waals surface area (Å²) in [5.74, 6) is 0.313. The Balaban J connectivity index is 1.64. The first-order valence-electron chi connectivity index (χ1n) is 8.46. The molecule has 0 atom stereocenters. The first-order valence-corrected chi connectivity index (χ1v) is 10.0. The number of aryl methyl sites for hydroxylation is 1. The Bertz CT molecular complexity index is 988. The Hall–Kier alpha value is -2.03. The van der Waals surface area contributed by atoms with Gasteiger partial charge in [0.1, 0.15) is 5.75 Å². The average Bonchev–Trinajstić information content (AvgIpc) is 3.27. The normalized spacial score (nSPS) is 10.9. The van der Waals surface area contributed by atoms with Crippen molar-refractivity contribution in [2.24, 2.45) is 0 Å². The SMILES string of the molecule is CCn1ncc(Cl)c1CN(C)C(=O)c1ccn(COc2ccc(Br)cc2Cl)n1. The van der Waals surface area contributed by atoms with E-state index in [9.17, 15) is 4.79 Å². The summed E-state index contributed by atoms with van der Waals surface area (Å²) in [6.07, 6.45) is 3.26. The molecule has 0 saturated heterocycles. The van der Waals surface area contributed by atoms with Crippen molar-refractivity contribution in [3.63, 3.8) is 0 Å². The van der Waals surface area contributed by atoms with Crippen LogP contribution in [0, 0.1) is 0 Å². The number of halogens is 3. The van der Waals surface area contributed by atoms with E-state index >= 15 is 0 Å². The monoisotopic (exact) mass is 485 g/mol. The second kappa shape index (κ2) is 8.98. The van der Waals surface area contributed by atoms with Gasteiger partial charge in [-0.1, -0.05) is 39.1 Å². The van der Waals surface area contributed by atoms with E-state index in [1.807, 2.05) is 13.0 Å². The molecule has 0 unspecified atom stereocenters. The van der Waals surface area contributed by atoms with Gasteiger partial charge in [-0.2, -0.15) is 10.2 Å². The number of ether oxygens (including phenoxy) is 1. The van der Waals surface area contributed by atoms with Crippen molar-refractivity contribution in [1.29, 1.82) is 0 Å². The molecule has 28 heavy (non-hydrogen) atoms. The van der Waals surface area contributed by atoms with Crippen LogP contribution in [0.4, 0.5) is 0 Å². The van der Waals surface area contributed by atoms with Gasteiger partial charge in [-0.25, -0.2) is 4.68 Å². The van der Waals surface area contributed by atoms with Crippen molar-refractivity contribution in [1.82, 2.24) is 24.5 Å². The molecule has 148 valence electrons. The Morgan fingerprint density at radius 3 is 2.79 bits per heavy atom. The molecular formula is C18H18BrCl2N5O2. The number of hydrogen-bond acceptors (Lipinski definition) is 4. The van der Waals surface area contributed by atoms with E-state index in [0.717, 1.165) is 10.2 Å². The van der Waals surface area contributed by atoms with E-state index in [0.29, 0.717) is 34.6 Å². The first-order chi connectivity index (χ1) is 13.4. The van der Waals surface area contributed by atoms with Gasteiger partial charge in [-0.05, 0) is 31.2 Å². The molecular weight excluding hydrogens is 469 g/mol. The molecule has 2 heterocycles. The maximum Gasteiger partial charge on any atom is 0.274 e. The molecule has 0 fully saturated rings. The highest BCUT2D eigenvalue weighted by Gasteiger charge is 2.18. The van der Waals surface area contributed by atoms with Crippen molar-refractivity contribution in [2.45, 2.75) is 26.7 Å². The third-order valence-electron chi connectivity index (χ3n) is 4.04. The minimum atomic E-state index is -0.222. The molecule has 1 aromatic carbocycles. The van der Waals surface area contributed by atoms with Crippen LogP contribution in [-0.2, 0) is 19.8 Å². The summed E-state index contributed by atoms with van der Waals surface area (Å²) in [6.45, 7) is 3.11. The summed E-state index contributed by atoms with van der Waals surface area (Å²) in [6, 6.07) is 6.98. The molecule has 7 nitrogen and oxygen atoms in total. The molecule has 3 aromatic rings. The number of hydrogen-bond donors (Lipinski definition) is 0. The molecule has 0 aliphatic rings. The fraction of sp³-hybridized carbons (Fsp3) is 0.278. The smallest absolute Gasteiger partial charge is 0.274 e. The second-order valence-corrected chi connectivity index (χ2v) is 7.73. The maximum atomic E-state index is 12.7. The summed E-state index contributed by atoms with van der Waals surface area (Å²) in [7, 11) is 1.70. The van der Waals surface area contributed by atoms with Gasteiger partial charge in [0.25, 0.3) is 5.91 Å². The standard InChI is InChI=1S/C18H18BrCl2N5O2/c1-3-26-16(14(21)9-22-26)10-24(2)18(27)15-6-7-25(23-15)11-28-17-5-4-12(19)8-13(17)20/h4-9H,3,10-11H2,1-2H3. The van der Waals surface area contributed by atoms with E-state index in [1.54, 1.807) is 47.2 Å². The van der Waals surface area contributed by atoms with Gasteiger partial charge in [0.15, 0.2) is 12.4 Å². The zero-order valence-electron chi connectivity index (χ0n) is 15.3. The molecule has 0 aliphatic carbocycles. The summed E-state index contributed by atoms with van der Waals surface area (Å²) in [5, 5.41) is 9.49. The zero-order chi connectivity index (χ0) is 20.3. The maximum absolute atomic E-state index is 12.7. The predicted molar refractivity (Wildman–Crippen MR) is 111 cm³/mol. The Morgan fingerprint density at radius 2 is 2.07 bits per heavy atom. The lowest BCUT2D eigenvalue weighted by Gasteiger charge is -2.17. The minimum absolute atomic E-state index is 0.132. The predicted octanol–water partition coefficient (Wildman–Crippen LogP) is 4.48. The lowest BCUT2D eigenvalue weighted by Crippen LogP contribution is -2.28. The van der Waals surface area contributed by atoms with Crippen LogP contribution in [-0.4, -0.2) is 37.4 Å². The molecule has 0 radical (unpaired) electrons. The van der Waals surface area contributed by atoms with E-state index in [-0.39, 0.29) is 12.6 Å². The van der Waals surface area contributed by atoms with Crippen LogP contribution in [0.15, 0.2) is 41.1 Å². The fourth-order valence-corrected chi connectivity index (χ4v) is 3.51. The molecule has 1 amide bonds. The molecule has 0 spiro atoms. The summed E-state index contributed by atoms with van der Waals surface area (Å²) in [4.78, 5) is 14.2. The van der Waals surface area contributed by atoms with Crippen LogP contribution in [0.3, 0.4) is 0 Å². The Morgan fingerprint density at radius 1 is 1.29 bits per heavy atom. The van der Waals surface area contributed by atoms with Gasteiger partial charge in [0.05, 0.1) is 28.5 Å². The summed E-state index contributed by atoms with van der Waals surface area (Å²) >= 11 is 15.7. The highest BCUT2D eigenvalue weighted by atomic mass is 79.9. The molecule has 0 saturated carbocycles. The molecule has 2 aromatic heterocycles. The van der Waals surface area contributed by atoms with Gasteiger partial charge in [0, 0.05) is 24.3 Å². The van der Waals surface area contributed by atoms with Crippen molar-refractivity contribution >= 4 is 45.0 Å². The van der Waals surface area contributed by atoms with Crippen LogP contribution in [0.1, 0.15) is 23.1 Å². The summed E-state index contributed by atoms with van der Waals surface area (Å²) < 4.78 is 9.82. The molecule has 0 N–H and O–H groups in total. The molecule has 10 heteroatoms. The van der Waals surface area contributed by atoms with Crippen molar-refractivity contribution in [2.75, 3.05) is 7.05 Å². The van der Waals surface area contributed by atoms with Crippen molar-refractivity contribution in [3.05, 3.63) is 62.6 Å². The molecule has 0 aliphatic heterocycles. The molecule has 3 rings (SSSR count). The van der Waals surface area contributed by atoms with Gasteiger partial charge in [-0.15, -0.1) is 0 Å². The number of carbonyl (C=O) groups is 1. The number of aromatic nitrogens is 4. The van der Waals surface area contributed by atoms with Crippen molar-refractivity contribution < 1.29 is 9.53 Å². The van der Waals surface area contributed by atoms with Gasteiger partial charge in [0.2, 0.25) is 0 Å². The second-order valence-electron chi connectivity index (χ2n) is 6.00. The third kappa shape index (κ3) is 4.68. The Kier molecular flexibility index (Phi) is 6.64. The number of carbonyl (C=O) groups excluding carboxylic acids is 1. The average molecular weight is 487 g/mol. The zero-order valence-corrected chi connectivity index (χ0v) is 18.4. The van der Waals surface area contributed by atoms with Crippen LogP contribution >= 0.6 is 39.1 Å². The molecule has 0 bridgehead atoms. The minimum Gasteiger partial charge on any atom is -0.470 e. The van der Waals surface area contributed by atoms with E-state index < -0.39 is 0 Å². The Labute approximate surface area is 180 Å². The number of nitrogens with zero attached hydrogens (tertiary/aromatic N) is 5. The highest BCUT2D eigenvalue weighted by molar-refractivity contribution is 9.10. The van der Waals surface area contributed by atoms with Gasteiger partial charge >= 0.3 is 0 Å². The van der Waals surface area contributed by atoms with Crippen LogP contribution in [0.5, 0.6) is 5.75 Å². The summed E-state index contributed by atoms with van der Waals surface area (Å²) in [5.41, 5.74) is 1.10. The number of amides is 1. The topological polar surface area (TPSA) is 65.2 Å². The first kappa shape index (κ1) is 20.7. The van der Waals surface area contributed by atoms with E-state index in [2.05, 4.69) is 26.1 Å². The lowest BCUT2D eigenvalue weighted by molar-refractivity contribution is 0.0773. The van der Waals surface area contributed by atoms with Gasteiger partial charge < -0.3 is 9.64 Å². The largest absolute Gasteiger partial charge is 0.470 e. The fourth-order valence-electron chi connectivity index (χ4n) is 2.59. The quantitative estimate of drug-likeness (QED) is 0.494. The van der Waals surface area contributed by atoms with Gasteiger partial charge in [-0.3, -0.25) is 9.48 Å². The van der Waals surface area contributed by atoms with Crippen LogP contribution in [0.2, 0.25) is 10.0 Å². The van der Waals surface area contributed by atoms with Crippen LogP contribution in [0.25, 0.3) is 0 Å². The van der Waals surface area contributed by atoms with Crippen LogP contribution < -0.4 is 4.74 Å². The number of rotatable bonds is 7. The van der Waals surface area contributed by atoms with E-state index in [4.69, 9.17) is 27.9 Å². The third-order valence-corrected chi connectivity index (χ3v) is 5.14. The van der Waals surface area contributed by atoms with E-state index in [1.165, 1.54) is 4.68 Å². The van der Waals surface area contributed by atoms with Crippen molar-refractivity contribution in [3.8, 4) is 5.75 Å². The number of benzene rings is 1. The lowest BCUT2D eigenvalue weighted by atomic mass is 10.3. The highest BCUT2D eigenvalue weighted by Crippen LogP contribution is 2.27.